The number of halogens is 4. The Morgan fingerprint density at radius 3 is 2.35 bits per heavy atom. The molecule has 0 saturated carbocycles. The van der Waals surface area contributed by atoms with E-state index in [1.165, 1.54) is 0 Å². The fourth-order valence-electron chi connectivity index (χ4n) is 3.06. The smallest absolute Gasteiger partial charge is 0.416 e. The molecule has 1 saturated heterocycles. The molecule has 1 aromatic carbocycles. The third-order valence-corrected chi connectivity index (χ3v) is 4.09. The zero-order valence-electron chi connectivity index (χ0n) is 13.3. The number of nitrogens with zero attached hydrogens (tertiary/aromatic N) is 1. The van der Waals surface area contributed by atoms with E-state index in [4.69, 9.17) is 0 Å². The zero-order chi connectivity index (χ0) is 17.2. The van der Waals surface area contributed by atoms with Gasteiger partial charge in [-0.15, -0.1) is 0 Å². The number of hydrogen-bond acceptors (Lipinski definition) is 3. The van der Waals surface area contributed by atoms with E-state index in [2.05, 4.69) is 5.32 Å². The summed E-state index contributed by atoms with van der Waals surface area (Å²) in [6.07, 6.45) is -4.22. The summed E-state index contributed by atoms with van der Waals surface area (Å²) in [5.74, 6) is -1.79. The molecule has 0 unspecified atom stereocenters. The highest BCUT2D eigenvalue weighted by atomic mass is 19.4. The molecule has 0 bridgehead atoms. The molecule has 3 nitrogen and oxygen atoms in total. The van der Waals surface area contributed by atoms with Gasteiger partial charge in [0, 0.05) is 37.8 Å². The van der Waals surface area contributed by atoms with Gasteiger partial charge in [0.2, 0.25) is 0 Å². The van der Waals surface area contributed by atoms with Gasteiger partial charge in [-0.05, 0) is 24.5 Å². The molecule has 1 atom stereocenters. The fraction of sp³-hybridized carbons (Fsp3) is 0.625. The molecule has 0 spiro atoms. The van der Waals surface area contributed by atoms with E-state index in [1.807, 2.05) is 18.7 Å². The second-order valence-corrected chi connectivity index (χ2v) is 6.29. The first kappa shape index (κ1) is 18.0. The van der Waals surface area contributed by atoms with Gasteiger partial charge in [-0.25, -0.2) is 4.39 Å². The molecule has 7 heteroatoms. The number of piperazine rings is 1. The van der Waals surface area contributed by atoms with Crippen LogP contribution in [0.2, 0.25) is 0 Å². The summed E-state index contributed by atoms with van der Waals surface area (Å²) >= 11 is 0. The van der Waals surface area contributed by atoms with Gasteiger partial charge in [0.05, 0.1) is 5.56 Å². The molecule has 0 aromatic heterocycles. The van der Waals surface area contributed by atoms with Crippen molar-refractivity contribution in [3.63, 3.8) is 0 Å². The minimum Gasteiger partial charge on any atom is -0.505 e. The maximum Gasteiger partial charge on any atom is 0.416 e. The largest absolute Gasteiger partial charge is 0.505 e. The van der Waals surface area contributed by atoms with E-state index < -0.39 is 29.3 Å². The number of hydrogen-bond donors (Lipinski definition) is 2. The highest BCUT2D eigenvalue weighted by Crippen LogP contribution is 2.43. The summed E-state index contributed by atoms with van der Waals surface area (Å²) in [5.41, 5.74) is -1.30. The summed E-state index contributed by atoms with van der Waals surface area (Å²) in [7, 11) is 0. The van der Waals surface area contributed by atoms with E-state index >= 15 is 0 Å². The molecule has 130 valence electrons. The quantitative estimate of drug-likeness (QED) is 0.827. The minimum atomic E-state index is -4.64. The first-order chi connectivity index (χ1) is 10.7. The average Bonchev–Trinajstić information content (AvgIpc) is 2.47. The van der Waals surface area contributed by atoms with Crippen molar-refractivity contribution in [3.05, 3.63) is 29.1 Å². The summed E-state index contributed by atoms with van der Waals surface area (Å²) in [6, 6.07) is 0.732. The van der Waals surface area contributed by atoms with Crippen LogP contribution in [-0.2, 0) is 6.18 Å². The molecule has 2 rings (SSSR count). The Bertz CT molecular complexity index is 540. The number of nitrogens with one attached hydrogen (secondary N) is 1. The van der Waals surface area contributed by atoms with Crippen LogP contribution in [0, 0.1) is 11.7 Å². The number of alkyl halides is 3. The lowest BCUT2D eigenvalue weighted by atomic mass is 9.90. The molecule has 0 amide bonds. The predicted octanol–water partition coefficient (Wildman–Crippen LogP) is 3.54. The van der Waals surface area contributed by atoms with Crippen molar-refractivity contribution in [2.75, 3.05) is 26.2 Å². The zero-order valence-corrected chi connectivity index (χ0v) is 13.3. The van der Waals surface area contributed by atoms with Crippen LogP contribution in [0.15, 0.2) is 12.1 Å². The number of phenols is 1. The third kappa shape index (κ3) is 4.14. The minimum absolute atomic E-state index is 0.110. The lowest BCUT2D eigenvalue weighted by molar-refractivity contribution is -0.139. The van der Waals surface area contributed by atoms with Crippen LogP contribution in [0.3, 0.4) is 0 Å². The van der Waals surface area contributed by atoms with Gasteiger partial charge in [0.15, 0.2) is 11.6 Å². The number of aromatic hydroxyl groups is 1. The molecular weight excluding hydrogens is 312 g/mol. The standard InChI is InChI=1S/C16H22F4N2O/c1-10(2)9-13(22-7-5-21-6-8-22)14-11(16(18,19)20)3-4-12(17)15(14)23/h3-4,10,13,21,23H,5-9H2,1-2H3/t13-/m1/s1. The topological polar surface area (TPSA) is 35.5 Å². The van der Waals surface area contributed by atoms with Crippen molar-refractivity contribution in [1.29, 1.82) is 0 Å². The predicted molar refractivity (Wildman–Crippen MR) is 79.7 cm³/mol. The van der Waals surface area contributed by atoms with Crippen molar-refractivity contribution < 1.29 is 22.7 Å². The van der Waals surface area contributed by atoms with Gasteiger partial charge in [-0.2, -0.15) is 13.2 Å². The van der Waals surface area contributed by atoms with Crippen LogP contribution in [-0.4, -0.2) is 36.2 Å². The molecule has 0 radical (unpaired) electrons. The molecule has 23 heavy (non-hydrogen) atoms. The Hall–Kier alpha value is -1.34. The van der Waals surface area contributed by atoms with Crippen molar-refractivity contribution in [2.45, 2.75) is 32.5 Å². The first-order valence-electron chi connectivity index (χ1n) is 7.75. The Labute approximate surface area is 133 Å². The van der Waals surface area contributed by atoms with Gasteiger partial charge >= 0.3 is 6.18 Å². The van der Waals surface area contributed by atoms with Gasteiger partial charge < -0.3 is 10.4 Å². The normalized spacial score (nSPS) is 18.4. The molecular formula is C16H22F4N2O. The van der Waals surface area contributed by atoms with Crippen LogP contribution in [0.1, 0.15) is 37.4 Å². The number of phenolic OH excluding ortho intramolecular Hbond substituents is 1. The molecule has 1 fully saturated rings. The van der Waals surface area contributed by atoms with Crippen LogP contribution >= 0.6 is 0 Å². The maximum absolute atomic E-state index is 13.8. The van der Waals surface area contributed by atoms with E-state index in [0.29, 0.717) is 38.7 Å². The molecule has 0 aliphatic carbocycles. The number of benzene rings is 1. The van der Waals surface area contributed by atoms with Crippen LogP contribution < -0.4 is 5.32 Å². The van der Waals surface area contributed by atoms with Gasteiger partial charge in [-0.1, -0.05) is 13.8 Å². The van der Waals surface area contributed by atoms with Gasteiger partial charge in [0.25, 0.3) is 0 Å². The fourth-order valence-corrected chi connectivity index (χ4v) is 3.06. The van der Waals surface area contributed by atoms with Crippen molar-refractivity contribution in [1.82, 2.24) is 10.2 Å². The summed E-state index contributed by atoms with van der Waals surface area (Å²) in [5, 5.41) is 13.2. The summed E-state index contributed by atoms with van der Waals surface area (Å²) in [6.45, 7) is 6.24. The number of rotatable bonds is 4. The van der Waals surface area contributed by atoms with Crippen molar-refractivity contribution in [2.24, 2.45) is 5.92 Å². The Morgan fingerprint density at radius 2 is 1.83 bits per heavy atom. The van der Waals surface area contributed by atoms with Crippen LogP contribution in [0.4, 0.5) is 17.6 Å². The van der Waals surface area contributed by atoms with Crippen molar-refractivity contribution >= 4 is 0 Å². The van der Waals surface area contributed by atoms with Gasteiger partial charge in [-0.3, -0.25) is 4.90 Å². The lowest BCUT2D eigenvalue weighted by Crippen LogP contribution is -2.45. The second kappa shape index (κ2) is 7.05. The highest BCUT2D eigenvalue weighted by molar-refractivity contribution is 5.44. The Kier molecular flexibility index (Phi) is 5.52. The van der Waals surface area contributed by atoms with Crippen LogP contribution in [0.25, 0.3) is 0 Å². The van der Waals surface area contributed by atoms with Gasteiger partial charge in [0.1, 0.15) is 0 Å². The molecule has 2 N–H and O–H groups in total. The van der Waals surface area contributed by atoms with E-state index in [9.17, 15) is 22.7 Å². The van der Waals surface area contributed by atoms with E-state index in [1.54, 1.807) is 0 Å². The van der Waals surface area contributed by atoms with Crippen LogP contribution in [0.5, 0.6) is 5.75 Å². The SMILES string of the molecule is CC(C)C[C@H](c1c(C(F)(F)F)ccc(F)c1O)N1CCNCC1. The Morgan fingerprint density at radius 1 is 1.22 bits per heavy atom. The summed E-state index contributed by atoms with van der Waals surface area (Å²) in [4.78, 5) is 1.89. The first-order valence-corrected chi connectivity index (χ1v) is 7.75. The summed E-state index contributed by atoms with van der Waals surface area (Å²) < 4.78 is 53.8. The average molecular weight is 334 g/mol. The monoisotopic (exact) mass is 334 g/mol. The van der Waals surface area contributed by atoms with E-state index in [-0.39, 0.29) is 11.5 Å². The highest BCUT2D eigenvalue weighted by Gasteiger charge is 2.39. The van der Waals surface area contributed by atoms with E-state index in [0.717, 1.165) is 6.07 Å². The third-order valence-electron chi connectivity index (χ3n) is 4.09. The molecule has 1 aliphatic heterocycles. The lowest BCUT2D eigenvalue weighted by Gasteiger charge is -2.37. The molecule has 1 aliphatic rings. The Balaban J connectivity index is 2.54. The maximum atomic E-state index is 13.8. The molecule has 1 heterocycles. The molecule has 1 aromatic rings. The van der Waals surface area contributed by atoms with Crippen molar-refractivity contribution in [3.8, 4) is 5.75 Å². The second-order valence-electron chi connectivity index (χ2n) is 6.29.